The van der Waals surface area contributed by atoms with Gasteiger partial charge in [0.15, 0.2) is 0 Å². The molecule has 62 valence electrons. The molecule has 2 N–H and O–H groups in total. The van der Waals surface area contributed by atoms with E-state index < -0.39 is 0 Å². The topological polar surface area (TPSA) is 40.5 Å². The molecular weight excluding hydrogens is 128 g/mol. The molecule has 0 saturated carbocycles. The van der Waals surface area contributed by atoms with Gasteiger partial charge in [0.05, 0.1) is 12.2 Å². The minimum absolute atomic E-state index is 0.251. The highest BCUT2D eigenvalue weighted by atomic mass is 16.3. The van der Waals surface area contributed by atoms with Crippen LogP contribution in [0.2, 0.25) is 0 Å². The molecule has 0 unspecified atom stereocenters. The zero-order valence-corrected chi connectivity index (χ0v) is 7.04. The van der Waals surface area contributed by atoms with Gasteiger partial charge in [0.1, 0.15) is 0 Å². The zero-order valence-electron chi connectivity index (χ0n) is 7.04. The first-order chi connectivity index (χ1) is 4.57. The molecule has 0 heterocycles. The highest BCUT2D eigenvalue weighted by molar-refractivity contribution is 4.64. The van der Waals surface area contributed by atoms with Crippen molar-refractivity contribution in [2.75, 3.05) is 0 Å². The second-order valence-corrected chi connectivity index (χ2v) is 3.11. The molecule has 2 nitrogen and oxygen atoms in total. The van der Waals surface area contributed by atoms with Gasteiger partial charge in [-0.25, -0.2) is 0 Å². The lowest BCUT2D eigenvalue weighted by atomic mass is 10.0. The van der Waals surface area contributed by atoms with E-state index in [9.17, 15) is 5.11 Å². The summed E-state index contributed by atoms with van der Waals surface area (Å²) in [7, 11) is 0. The molecule has 0 amide bonds. The third-order valence-electron chi connectivity index (χ3n) is 1.75. The first kappa shape index (κ1) is 9.92. The summed E-state index contributed by atoms with van der Waals surface area (Å²) in [6.07, 6.45) is 0.546. The van der Waals surface area contributed by atoms with Crippen LogP contribution >= 0.6 is 0 Å². The number of aliphatic hydroxyl groups is 2. The summed E-state index contributed by atoms with van der Waals surface area (Å²) in [4.78, 5) is 0. The quantitative estimate of drug-likeness (QED) is 0.625. The minimum atomic E-state index is -0.352. The van der Waals surface area contributed by atoms with Crippen molar-refractivity contribution in [3.63, 3.8) is 0 Å². The van der Waals surface area contributed by atoms with Crippen molar-refractivity contribution in [3.8, 4) is 0 Å². The number of aliphatic hydroxyl groups excluding tert-OH is 2. The van der Waals surface area contributed by atoms with Gasteiger partial charge in [0.2, 0.25) is 0 Å². The van der Waals surface area contributed by atoms with Gasteiger partial charge in [-0.2, -0.15) is 0 Å². The molecule has 10 heavy (non-hydrogen) atoms. The maximum absolute atomic E-state index is 9.27. The lowest BCUT2D eigenvalue weighted by Gasteiger charge is -2.16. The van der Waals surface area contributed by atoms with Crippen molar-refractivity contribution in [2.24, 2.45) is 5.92 Å². The molecule has 2 heteroatoms. The lowest BCUT2D eigenvalue weighted by molar-refractivity contribution is 0.0521. The van der Waals surface area contributed by atoms with Crippen molar-refractivity contribution in [1.29, 1.82) is 0 Å². The van der Waals surface area contributed by atoms with Gasteiger partial charge < -0.3 is 10.2 Å². The second-order valence-electron chi connectivity index (χ2n) is 3.11. The van der Waals surface area contributed by atoms with Gasteiger partial charge in [-0.3, -0.25) is 0 Å². The Morgan fingerprint density at radius 1 is 1.20 bits per heavy atom. The second kappa shape index (κ2) is 4.69. The summed E-state index contributed by atoms with van der Waals surface area (Å²) < 4.78 is 0. The highest BCUT2D eigenvalue weighted by Crippen LogP contribution is 2.09. The van der Waals surface area contributed by atoms with E-state index in [1.54, 1.807) is 0 Å². The van der Waals surface area contributed by atoms with E-state index in [0.717, 1.165) is 6.42 Å². The Labute approximate surface area is 62.9 Å². The van der Waals surface area contributed by atoms with Gasteiger partial charge >= 0.3 is 0 Å². The number of hydrogen-bond donors (Lipinski definition) is 2. The summed E-state index contributed by atoms with van der Waals surface area (Å²) in [5.41, 5.74) is 0. The number of hydrogen-bond acceptors (Lipinski definition) is 2. The maximum atomic E-state index is 9.27. The summed E-state index contributed by atoms with van der Waals surface area (Å²) >= 11 is 0. The van der Waals surface area contributed by atoms with Crippen LogP contribution in [-0.2, 0) is 0 Å². The van der Waals surface area contributed by atoms with Crippen LogP contribution in [0.25, 0.3) is 0 Å². The average molecular weight is 146 g/mol. The fraction of sp³-hybridized carbons (Fsp3) is 1.00. The van der Waals surface area contributed by atoms with Gasteiger partial charge in [0, 0.05) is 0 Å². The molecule has 0 aromatic rings. The lowest BCUT2D eigenvalue weighted by Crippen LogP contribution is -2.21. The molecule has 0 aliphatic heterocycles. The summed E-state index contributed by atoms with van der Waals surface area (Å²) in [6, 6.07) is 0. The molecular formula is C8H18O2. The van der Waals surface area contributed by atoms with Crippen LogP contribution in [0.15, 0.2) is 0 Å². The van der Waals surface area contributed by atoms with E-state index in [4.69, 9.17) is 5.11 Å². The fourth-order valence-corrected chi connectivity index (χ4v) is 0.718. The van der Waals surface area contributed by atoms with Crippen LogP contribution < -0.4 is 0 Å². The van der Waals surface area contributed by atoms with Gasteiger partial charge in [0.25, 0.3) is 0 Å². The Balaban J connectivity index is 3.46. The summed E-state index contributed by atoms with van der Waals surface area (Å²) in [5.74, 6) is 0.251. The molecule has 0 fully saturated rings. The molecule has 2 atom stereocenters. The van der Waals surface area contributed by atoms with Crippen molar-refractivity contribution in [1.82, 2.24) is 0 Å². The van der Waals surface area contributed by atoms with E-state index in [1.165, 1.54) is 0 Å². The molecule has 0 aromatic carbocycles. The van der Waals surface area contributed by atoms with Crippen molar-refractivity contribution >= 4 is 0 Å². The molecule has 0 radical (unpaired) electrons. The minimum Gasteiger partial charge on any atom is -0.393 e. The Bertz CT molecular complexity index is 81.3. The molecule has 0 saturated heterocycles. The Morgan fingerprint density at radius 2 is 1.70 bits per heavy atom. The standard InChI is InChI=1S/C8H18O2/c1-4-7(9)5-8(10)6(2)3/h6-10H,4-5H2,1-3H3/t7-,8+/m0/s1. The summed E-state index contributed by atoms with van der Waals surface area (Å²) in [6.45, 7) is 5.82. The van der Waals surface area contributed by atoms with Crippen LogP contribution in [0, 0.1) is 5.92 Å². The smallest absolute Gasteiger partial charge is 0.0587 e. The van der Waals surface area contributed by atoms with Gasteiger partial charge in [-0.05, 0) is 18.8 Å². The van der Waals surface area contributed by atoms with Crippen molar-refractivity contribution in [2.45, 2.75) is 45.8 Å². The van der Waals surface area contributed by atoms with Crippen LogP contribution in [0.1, 0.15) is 33.6 Å². The zero-order chi connectivity index (χ0) is 8.15. The largest absolute Gasteiger partial charge is 0.393 e. The predicted molar refractivity (Wildman–Crippen MR) is 41.8 cm³/mol. The molecule has 0 spiro atoms. The van der Waals surface area contributed by atoms with Crippen molar-refractivity contribution < 1.29 is 10.2 Å². The SMILES string of the molecule is CC[C@H](O)C[C@@H](O)C(C)C. The molecule has 0 bridgehead atoms. The monoisotopic (exact) mass is 146 g/mol. The third-order valence-corrected chi connectivity index (χ3v) is 1.75. The van der Waals surface area contributed by atoms with E-state index in [0.29, 0.717) is 6.42 Å². The normalized spacial score (nSPS) is 17.4. The van der Waals surface area contributed by atoms with E-state index in [2.05, 4.69) is 0 Å². The number of rotatable bonds is 4. The predicted octanol–water partition coefficient (Wildman–Crippen LogP) is 1.16. The Hall–Kier alpha value is -0.0800. The van der Waals surface area contributed by atoms with Crippen LogP contribution in [0.5, 0.6) is 0 Å². The highest BCUT2D eigenvalue weighted by Gasteiger charge is 2.12. The molecule has 0 aliphatic rings. The van der Waals surface area contributed by atoms with E-state index in [1.807, 2.05) is 20.8 Å². The molecule has 0 rings (SSSR count). The molecule has 0 aliphatic carbocycles. The maximum Gasteiger partial charge on any atom is 0.0587 e. The average Bonchev–Trinajstić information content (AvgIpc) is 1.87. The first-order valence-electron chi connectivity index (χ1n) is 3.94. The first-order valence-corrected chi connectivity index (χ1v) is 3.94. The van der Waals surface area contributed by atoms with Crippen LogP contribution in [0.4, 0.5) is 0 Å². The Morgan fingerprint density at radius 3 is 2.00 bits per heavy atom. The van der Waals surface area contributed by atoms with E-state index in [-0.39, 0.29) is 18.1 Å². The molecule has 0 aromatic heterocycles. The van der Waals surface area contributed by atoms with Gasteiger partial charge in [-0.15, -0.1) is 0 Å². The van der Waals surface area contributed by atoms with Gasteiger partial charge in [-0.1, -0.05) is 20.8 Å². The third kappa shape index (κ3) is 3.85. The van der Waals surface area contributed by atoms with E-state index >= 15 is 0 Å². The summed E-state index contributed by atoms with van der Waals surface area (Å²) in [5, 5.41) is 18.4. The van der Waals surface area contributed by atoms with Crippen LogP contribution in [0.3, 0.4) is 0 Å². The van der Waals surface area contributed by atoms with Crippen molar-refractivity contribution in [3.05, 3.63) is 0 Å². The Kier molecular flexibility index (Phi) is 4.65. The van der Waals surface area contributed by atoms with Crippen LogP contribution in [-0.4, -0.2) is 22.4 Å². The fourth-order valence-electron chi connectivity index (χ4n) is 0.718.